The molecule has 0 radical (unpaired) electrons. The molecule has 4 heteroatoms. The Morgan fingerprint density at radius 2 is 1.29 bits per heavy atom. The summed E-state index contributed by atoms with van der Waals surface area (Å²) in [5, 5.41) is 1.74. The molecule has 0 saturated carbocycles. The molecule has 0 aromatic heterocycles. The zero-order valence-corrected chi connectivity index (χ0v) is 15.0. The van der Waals surface area contributed by atoms with E-state index in [4.69, 9.17) is 0 Å². The van der Waals surface area contributed by atoms with Crippen molar-refractivity contribution in [2.75, 3.05) is 25.3 Å². The van der Waals surface area contributed by atoms with E-state index in [9.17, 15) is 8.42 Å². The minimum atomic E-state index is -3.19. The Morgan fingerprint density at radius 3 is 1.76 bits per heavy atom. The van der Waals surface area contributed by atoms with Gasteiger partial charge in [0.25, 0.3) is 0 Å². The molecule has 118 valence electrons. The first-order chi connectivity index (χ1) is 9.91. The van der Waals surface area contributed by atoms with Crippen molar-refractivity contribution < 1.29 is 8.42 Å². The molecular weight excluding hydrogens is 282 g/mol. The molecule has 0 amide bonds. The van der Waals surface area contributed by atoms with Gasteiger partial charge in [0.2, 0.25) is 0 Å². The fraction of sp³-hybridized carbons (Fsp3) is 0.412. The highest BCUT2D eigenvalue weighted by molar-refractivity contribution is 7.91. The van der Waals surface area contributed by atoms with E-state index in [1.54, 1.807) is 12.1 Å². The molecule has 0 fully saturated rings. The fourth-order valence-corrected chi connectivity index (χ4v) is 2.88. The second-order valence-electron chi connectivity index (χ2n) is 4.30. The topological polar surface area (TPSA) is 37.4 Å². The second kappa shape index (κ2) is 8.67. The van der Waals surface area contributed by atoms with Crippen LogP contribution in [0, 0.1) is 0 Å². The van der Waals surface area contributed by atoms with Gasteiger partial charge in [0.15, 0.2) is 9.84 Å². The molecule has 2 rings (SSSR count). The Kier molecular flexibility index (Phi) is 8.03. The van der Waals surface area contributed by atoms with Gasteiger partial charge >= 0.3 is 0 Å². The zero-order valence-electron chi connectivity index (χ0n) is 14.1. The van der Waals surface area contributed by atoms with Crippen LogP contribution in [0.5, 0.6) is 0 Å². The molecule has 0 aliphatic heterocycles. The van der Waals surface area contributed by atoms with E-state index in [1.165, 1.54) is 6.26 Å². The maximum Gasteiger partial charge on any atom is 0.176 e. The molecule has 2 aromatic rings. The van der Waals surface area contributed by atoms with Crippen LogP contribution >= 0.6 is 0 Å². The van der Waals surface area contributed by atoms with Crippen molar-refractivity contribution in [1.82, 2.24) is 0 Å². The molecule has 0 spiro atoms. The number of hydrogen-bond acceptors (Lipinski definition) is 3. The van der Waals surface area contributed by atoms with E-state index in [0.29, 0.717) is 4.90 Å². The Labute approximate surface area is 129 Å². The molecule has 0 bridgehead atoms. The van der Waals surface area contributed by atoms with Gasteiger partial charge in [-0.15, -0.1) is 0 Å². The van der Waals surface area contributed by atoms with Crippen molar-refractivity contribution in [3.05, 3.63) is 36.4 Å². The first-order valence-electron chi connectivity index (χ1n) is 7.30. The molecule has 0 heterocycles. The van der Waals surface area contributed by atoms with Gasteiger partial charge in [0, 0.05) is 36.8 Å². The average Bonchev–Trinajstić information content (AvgIpc) is 2.49. The van der Waals surface area contributed by atoms with Crippen molar-refractivity contribution in [1.29, 1.82) is 0 Å². The number of fused-ring (bicyclic) bond motifs is 1. The van der Waals surface area contributed by atoms with E-state index in [1.807, 2.05) is 71.0 Å². The fourth-order valence-electron chi connectivity index (χ4n) is 1.98. The summed E-state index contributed by atoms with van der Waals surface area (Å²) in [6.07, 6.45) is 1.24. The van der Waals surface area contributed by atoms with Gasteiger partial charge in [-0.1, -0.05) is 52.0 Å². The molecule has 2 aromatic carbocycles. The summed E-state index contributed by atoms with van der Waals surface area (Å²) >= 11 is 0. The summed E-state index contributed by atoms with van der Waals surface area (Å²) in [7, 11) is 0.702. The van der Waals surface area contributed by atoms with E-state index in [2.05, 4.69) is 0 Å². The summed E-state index contributed by atoms with van der Waals surface area (Å²) in [6.45, 7) is 8.00. The normalized spacial score (nSPS) is 10.0. The van der Waals surface area contributed by atoms with E-state index < -0.39 is 9.84 Å². The number of hydrogen-bond donors (Lipinski definition) is 0. The highest BCUT2D eigenvalue weighted by Crippen LogP contribution is 2.29. The standard InChI is InChI=1S/C13H15NO2S.2C2H6/c1-14(2)12-8-4-7-11-10(12)6-5-9-13(11)17(3,15)16;2*1-2/h4-9H,1-3H3;2*1-2H3. The Bertz CT molecular complexity index is 662. The number of anilines is 1. The predicted molar refractivity (Wildman–Crippen MR) is 94.1 cm³/mol. The van der Waals surface area contributed by atoms with Crippen molar-refractivity contribution >= 4 is 26.3 Å². The lowest BCUT2D eigenvalue weighted by Gasteiger charge is -2.16. The summed E-state index contributed by atoms with van der Waals surface area (Å²) < 4.78 is 23.4. The lowest BCUT2D eigenvalue weighted by Crippen LogP contribution is -2.09. The van der Waals surface area contributed by atoms with Crippen LogP contribution in [0.2, 0.25) is 0 Å². The monoisotopic (exact) mass is 309 g/mol. The third-order valence-corrected chi connectivity index (χ3v) is 3.90. The maximum atomic E-state index is 11.7. The van der Waals surface area contributed by atoms with Gasteiger partial charge in [0.1, 0.15) is 0 Å². The van der Waals surface area contributed by atoms with Crippen molar-refractivity contribution in [3.63, 3.8) is 0 Å². The van der Waals surface area contributed by atoms with E-state index >= 15 is 0 Å². The van der Waals surface area contributed by atoms with Crippen LogP contribution in [0.25, 0.3) is 10.8 Å². The first-order valence-corrected chi connectivity index (χ1v) is 9.19. The van der Waals surface area contributed by atoms with Crippen molar-refractivity contribution in [3.8, 4) is 0 Å². The summed E-state index contributed by atoms with van der Waals surface area (Å²) in [5.74, 6) is 0. The third kappa shape index (κ3) is 4.74. The smallest absolute Gasteiger partial charge is 0.176 e. The lowest BCUT2D eigenvalue weighted by molar-refractivity contribution is 0.602. The van der Waals surface area contributed by atoms with Crippen LogP contribution in [0.1, 0.15) is 27.7 Å². The molecule has 21 heavy (non-hydrogen) atoms. The highest BCUT2D eigenvalue weighted by atomic mass is 32.2. The van der Waals surface area contributed by atoms with Crippen molar-refractivity contribution in [2.45, 2.75) is 32.6 Å². The number of nitrogens with zero attached hydrogens (tertiary/aromatic N) is 1. The van der Waals surface area contributed by atoms with Crippen LogP contribution in [0.15, 0.2) is 41.3 Å². The minimum Gasteiger partial charge on any atom is -0.377 e. The summed E-state index contributed by atoms with van der Waals surface area (Å²) in [6, 6.07) is 11.1. The third-order valence-electron chi connectivity index (χ3n) is 2.74. The summed E-state index contributed by atoms with van der Waals surface area (Å²) in [4.78, 5) is 2.37. The first kappa shape index (κ1) is 19.4. The number of sulfone groups is 1. The van der Waals surface area contributed by atoms with Gasteiger partial charge in [-0.05, 0) is 12.1 Å². The molecule has 3 nitrogen and oxygen atoms in total. The Balaban J connectivity index is 0.000000921. The molecule has 0 atom stereocenters. The molecular formula is C17H27NO2S. The van der Waals surface area contributed by atoms with Gasteiger partial charge in [0.05, 0.1) is 4.90 Å². The van der Waals surface area contributed by atoms with Crippen molar-refractivity contribution in [2.24, 2.45) is 0 Å². The second-order valence-corrected chi connectivity index (χ2v) is 6.28. The Morgan fingerprint density at radius 1 is 0.810 bits per heavy atom. The number of rotatable bonds is 2. The van der Waals surface area contributed by atoms with Crippen LogP contribution in [-0.2, 0) is 9.84 Å². The quantitative estimate of drug-likeness (QED) is 0.827. The van der Waals surface area contributed by atoms with Gasteiger partial charge in [-0.3, -0.25) is 0 Å². The molecule has 0 unspecified atom stereocenters. The van der Waals surface area contributed by atoms with Crippen LogP contribution in [0.3, 0.4) is 0 Å². The summed E-state index contributed by atoms with van der Waals surface area (Å²) in [5.41, 5.74) is 1.02. The molecule has 0 aliphatic rings. The number of benzene rings is 2. The molecule has 0 saturated heterocycles. The zero-order chi connectivity index (χ0) is 16.6. The Hall–Kier alpha value is -1.55. The molecule has 0 N–H and O–H groups in total. The molecule has 0 aliphatic carbocycles. The van der Waals surface area contributed by atoms with Crippen LogP contribution in [0.4, 0.5) is 5.69 Å². The van der Waals surface area contributed by atoms with E-state index in [-0.39, 0.29) is 0 Å². The van der Waals surface area contributed by atoms with Crippen LogP contribution < -0.4 is 4.90 Å². The predicted octanol–water partition coefficient (Wildman–Crippen LogP) is 4.36. The van der Waals surface area contributed by atoms with Gasteiger partial charge in [-0.2, -0.15) is 0 Å². The SMILES string of the molecule is CC.CC.CN(C)c1cccc2c(S(C)(=O)=O)cccc12. The lowest BCUT2D eigenvalue weighted by atomic mass is 10.1. The van der Waals surface area contributed by atoms with Crippen LogP contribution in [-0.4, -0.2) is 28.8 Å². The average molecular weight is 309 g/mol. The largest absolute Gasteiger partial charge is 0.377 e. The minimum absolute atomic E-state index is 0.388. The maximum absolute atomic E-state index is 11.7. The highest BCUT2D eigenvalue weighted by Gasteiger charge is 2.13. The van der Waals surface area contributed by atoms with E-state index in [0.717, 1.165) is 16.5 Å². The van der Waals surface area contributed by atoms with Gasteiger partial charge < -0.3 is 4.90 Å². The van der Waals surface area contributed by atoms with Gasteiger partial charge in [-0.25, -0.2) is 8.42 Å².